The highest BCUT2D eigenvalue weighted by atomic mass is 16.7. The van der Waals surface area contributed by atoms with Crippen LogP contribution in [0.2, 0.25) is 0 Å². The van der Waals surface area contributed by atoms with Gasteiger partial charge in [-0.2, -0.15) is 0 Å². The third kappa shape index (κ3) is 1.54. The predicted molar refractivity (Wildman–Crippen MR) is 56.4 cm³/mol. The second kappa shape index (κ2) is 4.00. The summed E-state index contributed by atoms with van der Waals surface area (Å²) in [6.07, 6.45) is -0.0596. The first kappa shape index (κ1) is 11.1. The van der Waals surface area contributed by atoms with Crippen molar-refractivity contribution in [3.8, 4) is 0 Å². The molecule has 2 N–H and O–H groups in total. The first-order valence-corrected chi connectivity index (χ1v) is 5.27. The minimum Gasteiger partial charge on any atom is -0.465 e. The highest BCUT2D eigenvalue weighted by Gasteiger charge is 2.44. The molecule has 0 saturated carbocycles. The number of fused-ring (bicyclic) bond motifs is 1. The average Bonchev–Trinajstić information content (AvgIpc) is 2.91. The molecule has 18 heavy (non-hydrogen) atoms. The van der Waals surface area contributed by atoms with Gasteiger partial charge in [0.15, 0.2) is 24.4 Å². The summed E-state index contributed by atoms with van der Waals surface area (Å²) in [5.74, 6) is 0.626. The van der Waals surface area contributed by atoms with Gasteiger partial charge in [-0.15, -0.1) is 0 Å². The van der Waals surface area contributed by atoms with Crippen LogP contribution in [0.25, 0.3) is 0 Å². The lowest BCUT2D eigenvalue weighted by Crippen LogP contribution is -2.35. The fourth-order valence-electron chi connectivity index (χ4n) is 1.99. The Morgan fingerprint density at radius 1 is 1.50 bits per heavy atom. The molecule has 0 amide bonds. The maximum atomic E-state index is 11.7. The minimum absolute atomic E-state index is 0.0431. The van der Waals surface area contributed by atoms with E-state index in [0.717, 1.165) is 0 Å². The van der Waals surface area contributed by atoms with Crippen molar-refractivity contribution in [2.75, 3.05) is 13.4 Å². The first-order valence-electron chi connectivity index (χ1n) is 5.27. The molecule has 2 aliphatic rings. The number of H-pyrrole nitrogens is 1. The number of aliphatic hydroxyl groups is 1. The van der Waals surface area contributed by atoms with Gasteiger partial charge in [0, 0.05) is 12.3 Å². The summed E-state index contributed by atoms with van der Waals surface area (Å²) in [6.45, 7) is -0.300. The molecule has 2 atom stereocenters. The maximum Gasteiger partial charge on any atom is 0.331 e. The van der Waals surface area contributed by atoms with Crippen molar-refractivity contribution < 1.29 is 19.3 Å². The zero-order chi connectivity index (χ0) is 12.7. The van der Waals surface area contributed by atoms with E-state index in [4.69, 9.17) is 19.3 Å². The van der Waals surface area contributed by atoms with E-state index < -0.39 is 23.6 Å². The highest BCUT2D eigenvalue weighted by Crippen LogP contribution is 2.37. The molecule has 0 spiro atoms. The number of ether oxygens (including phenoxy) is 3. The van der Waals surface area contributed by atoms with Crippen molar-refractivity contribution in [1.29, 1.82) is 0 Å². The van der Waals surface area contributed by atoms with Crippen LogP contribution in [0.4, 0.5) is 0 Å². The Kier molecular flexibility index (Phi) is 2.46. The highest BCUT2D eigenvalue weighted by molar-refractivity contribution is 5.17. The van der Waals surface area contributed by atoms with Crippen LogP contribution >= 0.6 is 0 Å². The van der Waals surface area contributed by atoms with Gasteiger partial charge in [0.1, 0.15) is 6.61 Å². The van der Waals surface area contributed by atoms with Crippen LogP contribution in [0.1, 0.15) is 6.23 Å². The Labute approximate surface area is 100 Å². The van der Waals surface area contributed by atoms with E-state index >= 15 is 0 Å². The Hall–Kier alpha value is -2.06. The molecule has 0 bridgehead atoms. The van der Waals surface area contributed by atoms with Gasteiger partial charge < -0.3 is 19.3 Å². The molecule has 1 aromatic heterocycles. The maximum absolute atomic E-state index is 11.7. The topological polar surface area (TPSA) is 103 Å². The number of hydrogen-bond donors (Lipinski definition) is 2. The predicted octanol–water partition coefficient (Wildman–Crippen LogP) is -1.36. The van der Waals surface area contributed by atoms with Gasteiger partial charge in [0.2, 0.25) is 6.23 Å². The molecule has 3 rings (SSSR count). The zero-order valence-electron chi connectivity index (χ0n) is 9.16. The van der Waals surface area contributed by atoms with Crippen molar-refractivity contribution in [1.82, 2.24) is 9.55 Å². The summed E-state index contributed by atoms with van der Waals surface area (Å²) in [4.78, 5) is 24.8. The number of aromatic amines is 1. The van der Waals surface area contributed by atoms with Crippen molar-refractivity contribution in [3.63, 3.8) is 0 Å². The van der Waals surface area contributed by atoms with Crippen LogP contribution in [0, 0.1) is 0 Å². The molecule has 0 aliphatic carbocycles. The van der Waals surface area contributed by atoms with Crippen LogP contribution in [0.5, 0.6) is 0 Å². The third-order valence-corrected chi connectivity index (χ3v) is 2.79. The van der Waals surface area contributed by atoms with Gasteiger partial charge in [0.05, 0.1) is 0 Å². The van der Waals surface area contributed by atoms with E-state index in [2.05, 4.69) is 4.98 Å². The van der Waals surface area contributed by atoms with Crippen LogP contribution in [0.3, 0.4) is 0 Å². The summed E-state index contributed by atoms with van der Waals surface area (Å²) in [7, 11) is 0. The SMILES string of the molecule is O=c1ccn([C@@H]2OC(CO)=C3OCOC32)c(=O)[nH]1. The summed E-state index contributed by atoms with van der Waals surface area (Å²) in [5.41, 5.74) is -1.10. The monoisotopic (exact) mass is 254 g/mol. The van der Waals surface area contributed by atoms with E-state index in [9.17, 15) is 9.59 Å². The van der Waals surface area contributed by atoms with Crippen molar-refractivity contribution in [3.05, 3.63) is 44.6 Å². The molecule has 1 saturated heterocycles. The smallest absolute Gasteiger partial charge is 0.331 e. The van der Waals surface area contributed by atoms with Gasteiger partial charge in [-0.3, -0.25) is 14.3 Å². The molecule has 8 heteroatoms. The molecule has 0 aromatic carbocycles. The average molecular weight is 254 g/mol. The minimum atomic E-state index is -0.783. The standard InChI is InChI=1S/C10H10N2O6/c13-3-5-7-8(17-4-16-7)9(18-5)12-2-1-6(14)11-10(12)15/h1-2,8-9,13H,3-4H2,(H,11,14,15)/t8?,9-/m1/s1. The lowest BCUT2D eigenvalue weighted by molar-refractivity contribution is -0.0564. The molecule has 1 unspecified atom stereocenters. The van der Waals surface area contributed by atoms with E-state index in [1.165, 1.54) is 16.8 Å². The number of aromatic nitrogens is 2. The number of nitrogens with one attached hydrogen (secondary N) is 1. The van der Waals surface area contributed by atoms with Crippen molar-refractivity contribution >= 4 is 0 Å². The van der Waals surface area contributed by atoms with Crippen LogP contribution in [0.15, 0.2) is 33.4 Å². The molecule has 1 aromatic rings. The zero-order valence-corrected chi connectivity index (χ0v) is 9.16. The van der Waals surface area contributed by atoms with Crippen LogP contribution in [-0.2, 0) is 14.2 Å². The molecule has 8 nitrogen and oxygen atoms in total. The summed E-state index contributed by atoms with van der Waals surface area (Å²) in [5, 5.41) is 9.13. The Morgan fingerprint density at radius 3 is 3.06 bits per heavy atom. The normalized spacial score (nSPS) is 25.8. The van der Waals surface area contributed by atoms with E-state index in [0.29, 0.717) is 5.76 Å². The van der Waals surface area contributed by atoms with Gasteiger partial charge in [-0.05, 0) is 0 Å². The van der Waals surface area contributed by atoms with E-state index in [1.54, 1.807) is 0 Å². The quantitative estimate of drug-likeness (QED) is 0.676. The molecular formula is C10H10N2O6. The summed E-state index contributed by atoms with van der Waals surface area (Å²) in [6, 6.07) is 1.21. The molecule has 1 fully saturated rings. The Morgan fingerprint density at radius 2 is 2.33 bits per heavy atom. The molecular weight excluding hydrogens is 244 g/mol. The third-order valence-electron chi connectivity index (χ3n) is 2.79. The van der Waals surface area contributed by atoms with Gasteiger partial charge >= 0.3 is 5.69 Å². The molecule has 0 radical (unpaired) electrons. The van der Waals surface area contributed by atoms with E-state index in [1.807, 2.05) is 0 Å². The van der Waals surface area contributed by atoms with Crippen molar-refractivity contribution in [2.24, 2.45) is 0 Å². The van der Waals surface area contributed by atoms with Gasteiger partial charge in [-0.25, -0.2) is 4.79 Å². The van der Waals surface area contributed by atoms with Gasteiger partial charge in [0.25, 0.3) is 5.56 Å². The fraction of sp³-hybridized carbons (Fsp3) is 0.400. The van der Waals surface area contributed by atoms with Crippen LogP contribution < -0.4 is 11.2 Å². The molecule has 96 valence electrons. The lowest BCUT2D eigenvalue weighted by Gasteiger charge is -2.18. The lowest BCUT2D eigenvalue weighted by atomic mass is 10.2. The molecule has 3 heterocycles. The number of nitrogens with zero attached hydrogens (tertiary/aromatic N) is 1. The second-order valence-corrected chi connectivity index (χ2v) is 3.82. The van der Waals surface area contributed by atoms with Gasteiger partial charge in [-0.1, -0.05) is 0 Å². The van der Waals surface area contributed by atoms with Crippen LogP contribution in [-0.4, -0.2) is 34.2 Å². The van der Waals surface area contributed by atoms with Crippen molar-refractivity contribution in [2.45, 2.75) is 12.3 Å². The number of hydrogen-bond acceptors (Lipinski definition) is 6. The number of rotatable bonds is 2. The second-order valence-electron chi connectivity index (χ2n) is 3.82. The Bertz CT molecular complexity index is 615. The Balaban J connectivity index is 2.00. The molecule has 2 aliphatic heterocycles. The largest absolute Gasteiger partial charge is 0.465 e. The summed E-state index contributed by atoms with van der Waals surface area (Å²) >= 11 is 0. The fourth-order valence-corrected chi connectivity index (χ4v) is 1.99. The number of aliphatic hydroxyl groups excluding tert-OH is 1. The first-order chi connectivity index (χ1) is 8.70. The van der Waals surface area contributed by atoms with E-state index in [-0.39, 0.29) is 19.2 Å². The summed E-state index contributed by atoms with van der Waals surface area (Å²) < 4.78 is 17.1.